The standard InChI is InChI=1S/C20H29N3O8/c1-12-10-22(19(25)31-20(2,3)4)11-14(30-12)9-21-17-15(23(26)27)7-13(18(24)29-6)8-16(17)28-5/h7-8,12,14,21H,9-11H2,1-6H3/t12-,14+/m0/s1. The minimum atomic E-state index is -0.717. The molecule has 1 fully saturated rings. The average molecular weight is 439 g/mol. The smallest absolute Gasteiger partial charge is 0.410 e. The fraction of sp³-hybridized carbons (Fsp3) is 0.600. The van der Waals surface area contributed by atoms with Crippen molar-refractivity contribution in [2.24, 2.45) is 0 Å². The van der Waals surface area contributed by atoms with Crippen LogP contribution in [0, 0.1) is 10.1 Å². The summed E-state index contributed by atoms with van der Waals surface area (Å²) in [6.07, 6.45) is -1.13. The normalized spacial score (nSPS) is 18.8. The molecule has 1 amide bonds. The Morgan fingerprint density at radius 3 is 2.52 bits per heavy atom. The van der Waals surface area contributed by atoms with Crippen molar-refractivity contribution in [1.82, 2.24) is 4.90 Å². The molecule has 0 unspecified atom stereocenters. The topological polar surface area (TPSA) is 129 Å². The largest absolute Gasteiger partial charge is 0.494 e. The highest BCUT2D eigenvalue weighted by atomic mass is 16.6. The van der Waals surface area contributed by atoms with Gasteiger partial charge in [-0.3, -0.25) is 10.1 Å². The number of amides is 1. The lowest BCUT2D eigenvalue weighted by Gasteiger charge is -2.37. The predicted molar refractivity (Wildman–Crippen MR) is 112 cm³/mol. The first-order chi connectivity index (χ1) is 14.4. The first-order valence-electron chi connectivity index (χ1n) is 9.77. The first kappa shape index (κ1) is 24.2. The van der Waals surface area contributed by atoms with Crippen molar-refractivity contribution in [2.45, 2.75) is 45.5 Å². The molecule has 2 rings (SSSR count). The molecule has 172 valence electrons. The molecule has 0 spiro atoms. The fourth-order valence-electron chi connectivity index (χ4n) is 3.17. The second kappa shape index (κ2) is 9.82. The van der Waals surface area contributed by atoms with Gasteiger partial charge in [0.05, 0.1) is 50.0 Å². The zero-order valence-electron chi connectivity index (χ0n) is 18.6. The van der Waals surface area contributed by atoms with Crippen LogP contribution in [0.15, 0.2) is 12.1 Å². The van der Waals surface area contributed by atoms with Gasteiger partial charge in [0, 0.05) is 12.6 Å². The Kier molecular flexibility index (Phi) is 7.66. The Labute approximate surface area is 180 Å². The monoisotopic (exact) mass is 439 g/mol. The van der Waals surface area contributed by atoms with Crippen molar-refractivity contribution >= 4 is 23.4 Å². The van der Waals surface area contributed by atoms with E-state index in [2.05, 4.69) is 10.1 Å². The van der Waals surface area contributed by atoms with Gasteiger partial charge in [0.15, 0.2) is 5.69 Å². The second-order valence-electron chi connectivity index (χ2n) is 8.16. The summed E-state index contributed by atoms with van der Waals surface area (Å²) in [5.41, 5.74) is -0.865. The molecule has 1 heterocycles. The number of nitro groups is 1. The number of rotatable bonds is 6. The quantitative estimate of drug-likeness (QED) is 0.404. The van der Waals surface area contributed by atoms with Crippen molar-refractivity contribution in [3.63, 3.8) is 0 Å². The molecule has 0 aliphatic carbocycles. The van der Waals surface area contributed by atoms with Gasteiger partial charge in [-0.2, -0.15) is 0 Å². The number of carbonyl (C=O) groups is 2. The summed E-state index contributed by atoms with van der Waals surface area (Å²) in [4.78, 5) is 36.8. The molecule has 1 N–H and O–H groups in total. The number of esters is 1. The molecule has 0 bridgehead atoms. The van der Waals surface area contributed by atoms with Crippen LogP contribution in [0.2, 0.25) is 0 Å². The van der Waals surface area contributed by atoms with Gasteiger partial charge in [-0.1, -0.05) is 0 Å². The average Bonchev–Trinajstić information content (AvgIpc) is 2.69. The Bertz CT molecular complexity index is 836. The van der Waals surface area contributed by atoms with Gasteiger partial charge < -0.3 is 29.2 Å². The van der Waals surface area contributed by atoms with Gasteiger partial charge in [0.1, 0.15) is 11.4 Å². The van der Waals surface area contributed by atoms with E-state index in [0.29, 0.717) is 6.54 Å². The van der Waals surface area contributed by atoms with Gasteiger partial charge in [-0.25, -0.2) is 9.59 Å². The van der Waals surface area contributed by atoms with Crippen LogP contribution >= 0.6 is 0 Å². The Morgan fingerprint density at radius 1 is 1.29 bits per heavy atom. The zero-order valence-corrected chi connectivity index (χ0v) is 18.6. The summed E-state index contributed by atoms with van der Waals surface area (Å²) in [7, 11) is 2.53. The molecule has 11 nitrogen and oxygen atoms in total. The number of hydrogen-bond acceptors (Lipinski definition) is 9. The molecular weight excluding hydrogens is 410 g/mol. The highest BCUT2D eigenvalue weighted by Crippen LogP contribution is 2.36. The molecule has 0 aromatic heterocycles. The Hall–Kier alpha value is -3.08. The van der Waals surface area contributed by atoms with E-state index in [1.165, 1.54) is 20.3 Å². The van der Waals surface area contributed by atoms with E-state index in [-0.39, 0.29) is 41.9 Å². The number of nitrogens with zero attached hydrogens (tertiary/aromatic N) is 2. The molecule has 0 radical (unpaired) electrons. The highest BCUT2D eigenvalue weighted by molar-refractivity contribution is 5.93. The predicted octanol–water partition coefficient (Wildman–Crippen LogP) is 2.83. The summed E-state index contributed by atoms with van der Waals surface area (Å²) in [5, 5.41) is 14.6. The third-order valence-electron chi connectivity index (χ3n) is 4.40. The van der Waals surface area contributed by atoms with Crippen LogP contribution in [0.4, 0.5) is 16.2 Å². The van der Waals surface area contributed by atoms with E-state index in [1.807, 2.05) is 6.92 Å². The molecular formula is C20H29N3O8. The fourth-order valence-corrected chi connectivity index (χ4v) is 3.17. The Balaban J connectivity index is 2.20. The van der Waals surface area contributed by atoms with Crippen LogP contribution in [0.1, 0.15) is 38.1 Å². The lowest BCUT2D eigenvalue weighted by molar-refractivity contribution is -0.384. The van der Waals surface area contributed by atoms with E-state index in [1.54, 1.807) is 25.7 Å². The maximum atomic E-state index is 12.4. The van der Waals surface area contributed by atoms with E-state index >= 15 is 0 Å². The zero-order chi connectivity index (χ0) is 23.3. The van der Waals surface area contributed by atoms with Crippen LogP contribution in [0.5, 0.6) is 5.75 Å². The maximum absolute atomic E-state index is 12.4. The van der Waals surface area contributed by atoms with Crippen LogP contribution in [-0.2, 0) is 14.2 Å². The molecule has 1 aliphatic heterocycles. The molecule has 1 aromatic rings. The molecule has 2 atom stereocenters. The lowest BCUT2D eigenvalue weighted by atomic mass is 10.1. The number of nitrogens with one attached hydrogen (secondary N) is 1. The molecule has 11 heteroatoms. The molecule has 1 aliphatic rings. The second-order valence-corrected chi connectivity index (χ2v) is 8.16. The number of carbonyl (C=O) groups excluding carboxylic acids is 2. The van der Waals surface area contributed by atoms with Crippen LogP contribution in [0.25, 0.3) is 0 Å². The van der Waals surface area contributed by atoms with Gasteiger partial charge in [0.25, 0.3) is 5.69 Å². The summed E-state index contributed by atoms with van der Waals surface area (Å²) in [5.74, 6) is -0.604. The van der Waals surface area contributed by atoms with Gasteiger partial charge in [0.2, 0.25) is 0 Å². The van der Waals surface area contributed by atoms with Crippen LogP contribution in [0.3, 0.4) is 0 Å². The summed E-state index contributed by atoms with van der Waals surface area (Å²) >= 11 is 0. The SMILES string of the molecule is COC(=O)c1cc(OC)c(NC[C@@H]2CN(C(=O)OC(C)(C)C)C[C@H](C)O2)c([N+](=O)[O-])c1. The third kappa shape index (κ3) is 6.45. The third-order valence-corrected chi connectivity index (χ3v) is 4.40. The molecule has 31 heavy (non-hydrogen) atoms. The maximum Gasteiger partial charge on any atom is 0.410 e. The summed E-state index contributed by atoms with van der Waals surface area (Å²) < 4.78 is 21.2. The minimum Gasteiger partial charge on any atom is -0.494 e. The number of anilines is 1. The minimum absolute atomic E-state index is 0.00441. The van der Waals surface area contributed by atoms with E-state index in [0.717, 1.165) is 6.07 Å². The van der Waals surface area contributed by atoms with Gasteiger partial charge >= 0.3 is 12.1 Å². The lowest BCUT2D eigenvalue weighted by Crippen LogP contribution is -2.52. The molecule has 0 saturated carbocycles. The molecule has 1 aromatic carbocycles. The Morgan fingerprint density at radius 2 is 1.97 bits per heavy atom. The van der Waals surface area contributed by atoms with Gasteiger partial charge in [-0.05, 0) is 33.8 Å². The highest BCUT2D eigenvalue weighted by Gasteiger charge is 2.32. The van der Waals surface area contributed by atoms with Crippen LogP contribution < -0.4 is 10.1 Å². The van der Waals surface area contributed by atoms with E-state index in [9.17, 15) is 19.7 Å². The summed E-state index contributed by atoms with van der Waals surface area (Å²) in [6.45, 7) is 7.99. The number of hydrogen-bond donors (Lipinski definition) is 1. The number of benzene rings is 1. The first-order valence-corrected chi connectivity index (χ1v) is 9.77. The van der Waals surface area contributed by atoms with Gasteiger partial charge in [-0.15, -0.1) is 0 Å². The summed E-state index contributed by atoms with van der Waals surface area (Å²) in [6, 6.07) is 2.48. The number of nitro benzene ring substituents is 1. The van der Waals surface area contributed by atoms with Crippen molar-refractivity contribution < 1.29 is 33.5 Å². The van der Waals surface area contributed by atoms with Crippen molar-refractivity contribution in [3.8, 4) is 5.75 Å². The number of ether oxygens (including phenoxy) is 4. The van der Waals surface area contributed by atoms with E-state index < -0.39 is 28.7 Å². The van der Waals surface area contributed by atoms with Crippen LogP contribution in [-0.4, -0.2) is 73.5 Å². The van der Waals surface area contributed by atoms with E-state index in [4.69, 9.17) is 14.2 Å². The number of morpholine rings is 1. The molecule has 1 saturated heterocycles. The van der Waals surface area contributed by atoms with Crippen molar-refractivity contribution in [1.29, 1.82) is 0 Å². The number of methoxy groups -OCH3 is 2. The van der Waals surface area contributed by atoms with Crippen molar-refractivity contribution in [3.05, 3.63) is 27.8 Å². The van der Waals surface area contributed by atoms with Crippen molar-refractivity contribution in [2.75, 3.05) is 39.2 Å².